The molecular formula is C16H25N. The van der Waals surface area contributed by atoms with Gasteiger partial charge in [0.15, 0.2) is 0 Å². The first-order valence-corrected chi connectivity index (χ1v) is 5.91. The Kier molecular flexibility index (Phi) is 6.52. The predicted molar refractivity (Wildman–Crippen MR) is 78.9 cm³/mol. The highest BCUT2D eigenvalue weighted by Gasteiger charge is 2.12. The molecule has 94 valence electrons. The summed E-state index contributed by atoms with van der Waals surface area (Å²) in [6.45, 7) is 15.8. The highest BCUT2D eigenvalue weighted by molar-refractivity contribution is 5.43. The maximum atomic E-state index is 6.02. The van der Waals surface area contributed by atoms with E-state index in [2.05, 4.69) is 25.3 Å². The van der Waals surface area contributed by atoms with Gasteiger partial charge in [0.2, 0.25) is 0 Å². The van der Waals surface area contributed by atoms with Gasteiger partial charge in [-0.3, -0.25) is 0 Å². The summed E-state index contributed by atoms with van der Waals surface area (Å²) in [4.78, 5) is 0. The molecule has 0 aliphatic carbocycles. The van der Waals surface area contributed by atoms with E-state index < -0.39 is 0 Å². The molecule has 0 rings (SSSR count). The van der Waals surface area contributed by atoms with Crippen molar-refractivity contribution in [3.8, 4) is 0 Å². The van der Waals surface area contributed by atoms with E-state index in [0.29, 0.717) is 0 Å². The van der Waals surface area contributed by atoms with E-state index >= 15 is 0 Å². The van der Waals surface area contributed by atoms with Crippen molar-refractivity contribution in [1.82, 2.24) is 0 Å². The Morgan fingerprint density at radius 2 is 1.94 bits per heavy atom. The first-order valence-electron chi connectivity index (χ1n) is 5.91. The lowest BCUT2D eigenvalue weighted by molar-refractivity contribution is 0.519. The van der Waals surface area contributed by atoms with Crippen molar-refractivity contribution in [2.45, 2.75) is 39.7 Å². The third-order valence-electron chi connectivity index (χ3n) is 2.22. The molecule has 0 aromatic rings. The Labute approximate surface area is 106 Å². The van der Waals surface area contributed by atoms with Crippen molar-refractivity contribution in [2.75, 3.05) is 0 Å². The molecule has 0 spiro atoms. The molecule has 0 saturated heterocycles. The molecule has 0 aliphatic rings. The minimum absolute atomic E-state index is 0.221. The molecule has 0 radical (unpaired) electrons. The second-order valence-electron chi connectivity index (χ2n) is 5.02. The second kappa shape index (κ2) is 7.08. The third kappa shape index (κ3) is 7.53. The minimum atomic E-state index is -0.221. The van der Waals surface area contributed by atoms with E-state index in [9.17, 15) is 0 Å². The predicted octanol–water partition coefficient (Wildman–Crippen LogP) is 4.30. The van der Waals surface area contributed by atoms with Gasteiger partial charge in [-0.05, 0) is 45.3 Å². The zero-order chi connectivity index (χ0) is 13.5. The van der Waals surface area contributed by atoms with Crippen LogP contribution in [0, 0.1) is 0 Å². The van der Waals surface area contributed by atoms with E-state index in [1.807, 2.05) is 45.9 Å². The standard InChI is InChI=1S/C16H25N/c1-7-9-10-15(13(3)4)11-14(8-2)12-16(5,6)17/h7-11H,2-3,12,17H2,1,4-6H3/b9-7-,14-11+,15-10-. The molecule has 2 N–H and O–H groups in total. The van der Waals surface area contributed by atoms with Crippen LogP contribution in [0.25, 0.3) is 0 Å². The summed E-state index contributed by atoms with van der Waals surface area (Å²) < 4.78 is 0. The summed E-state index contributed by atoms with van der Waals surface area (Å²) in [5, 5.41) is 0. The second-order valence-corrected chi connectivity index (χ2v) is 5.02. The largest absolute Gasteiger partial charge is 0.325 e. The quantitative estimate of drug-likeness (QED) is 0.677. The molecule has 1 heteroatoms. The Balaban J connectivity index is 5.14. The van der Waals surface area contributed by atoms with E-state index in [1.165, 1.54) is 0 Å². The Morgan fingerprint density at radius 3 is 2.29 bits per heavy atom. The molecule has 0 aromatic heterocycles. The molecule has 17 heavy (non-hydrogen) atoms. The van der Waals surface area contributed by atoms with Gasteiger partial charge in [0.1, 0.15) is 0 Å². The molecule has 0 bridgehead atoms. The molecule has 0 heterocycles. The summed E-state index contributed by atoms with van der Waals surface area (Å²) >= 11 is 0. The van der Waals surface area contributed by atoms with E-state index in [4.69, 9.17) is 5.73 Å². The van der Waals surface area contributed by atoms with Crippen LogP contribution in [0.1, 0.15) is 34.1 Å². The van der Waals surface area contributed by atoms with Gasteiger partial charge in [-0.2, -0.15) is 0 Å². The summed E-state index contributed by atoms with van der Waals surface area (Å²) in [6.07, 6.45) is 10.8. The molecule has 0 saturated carbocycles. The fourth-order valence-electron chi connectivity index (χ4n) is 1.42. The lowest BCUT2D eigenvalue weighted by Gasteiger charge is -2.19. The van der Waals surface area contributed by atoms with Gasteiger partial charge in [0.05, 0.1) is 0 Å². The van der Waals surface area contributed by atoms with Crippen LogP contribution in [0.3, 0.4) is 0 Å². The first kappa shape index (κ1) is 15.7. The molecule has 1 nitrogen and oxygen atoms in total. The van der Waals surface area contributed by atoms with Gasteiger partial charge in [-0.1, -0.05) is 49.1 Å². The van der Waals surface area contributed by atoms with Crippen LogP contribution in [0.5, 0.6) is 0 Å². The normalized spacial score (nSPS) is 14.2. The summed E-state index contributed by atoms with van der Waals surface area (Å²) in [7, 11) is 0. The van der Waals surface area contributed by atoms with Crippen molar-refractivity contribution in [3.05, 3.63) is 60.3 Å². The van der Waals surface area contributed by atoms with Gasteiger partial charge >= 0.3 is 0 Å². The number of rotatable bonds is 6. The number of nitrogens with two attached hydrogens (primary N) is 1. The van der Waals surface area contributed by atoms with Gasteiger partial charge in [-0.15, -0.1) is 0 Å². The van der Waals surface area contributed by atoms with Crippen LogP contribution < -0.4 is 5.73 Å². The average molecular weight is 231 g/mol. The number of allylic oxidation sites excluding steroid dienone is 7. The Bertz CT molecular complexity index is 359. The van der Waals surface area contributed by atoms with Gasteiger partial charge < -0.3 is 5.73 Å². The van der Waals surface area contributed by atoms with E-state index in [1.54, 1.807) is 0 Å². The van der Waals surface area contributed by atoms with Gasteiger partial charge in [0.25, 0.3) is 0 Å². The zero-order valence-electron chi connectivity index (χ0n) is 11.6. The SMILES string of the molecule is C=C\C(=C/C(=C/C=C\C)C(=C)C)CC(C)(C)N. The summed E-state index contributed by atoms with van der Waals surface area (Å²) in [5.41, 5.74) is 9.09. The molecule has 0 aromatic carbocycles. The fraction of sp³-hybridized carbons (Fsp3) is 0.375. The maximum absolute atomic E-state index is 6.02. The van der Waals surface area contributed by atoms with Crippen LogP contribution in [-0.2, 0) is 0 Å². The number of hydrogen-bond donors (Lipinski definition) is 1. The number of hydrogen-bond acceptors (Lipinski definition) is 1. The topological polar surface area (TPSA) is 26.0 Å². The molecule has 0 unspecified atom stereocenters. The molecule has 0 atom stereocenters. The van der Waals surface area contributed by atoms with Gasteiger partial charge in [-0.25, -0.2) is 0 Å². The van der Waals surface area contributed by atoms with Crippen LogP contribution in [0.2, 0.25) is 0 Å². The van der Waals surface area contributed by atoms with E-state index in [-0.39, 0.29) is 5.54 Å². The molecule has 0 fully saturated rings. The van der Waals surface area contributed by atoms with Crippen molar-refractivity contribution < 1.29 is 0 Å². The summed E-state index contributed by atoms with van der Waals surface area (Å²) in [5.74, 6) is 0. The average Bonchev–Trinajstić information content (AvgIpc) is 2.20. The lowest BCUT2D eigenvalue weighted by Crippen LogP contribution is -2.32. The third-order valence-corrected chi connectivity index (χ3v) is 2.22. The van der Waals surface area contributed by atoms with Crippen LogP contribution in [0.15, 0.2) is 60.3 Å². The summed E-state index contributed by atoms with van der Waals surface area (Å²) in [6, 6.07) is 0. The highest BCUT2D eigenvalue weighted by Crippen LogP contribution is 2.19. The van der Waals surface area contributed by atoms with Gasteiger partial charge in [0, 0.05) is 5.54 Å². The van der Waals surface area contributed by atoms with Crippen molar-refractivity contribution in [2.24, 2.45) is 5.73 Å². The fourth-order valence-corrected chi connectivity index (χ4v) is 1.42. The van der Waals surface area contributed by atoms with Crippen molar-refractivity contribution in [3.63, 3.8) is 0 Å². The van der Waals surface area contributed by atoms with Crippen molar-refractivity contribution in [1.29, 1.82) is 0 Å². The zero-order valence-corrected chi connectivity index (χ0v) is 11.6. The first-order chi connectivity index (χ1) is 7.80. The Hall–Kier alpha value is -1.34. The van der Waals surface area contributed by atoms with Crippen LogP contribution in [0.4, 0.5) is 0 Å². The van der Waals surface area contributed by atoms with E-state index in [0.717, 1.165) is 23.1 Å². The highest BCUT2D eigenvalue weighted by atomic mass is 14.7. The smallest absolute Gasteiger partial charge is 0.0138 e. The minimum Gasteiger partial charge on any atom is -0.325 e. The maximum Gasteiger partial charge on any atom is 0.0138 e. The lowest BCUT2D eigenvalue weighted by atomic mass is 9.93. The molecule has 0 amide bonds. The van der Waals surface area contributed by atoms with Crippen LogP contribution in [-0.4, -0.2) is 5.54 Å². The molecule has 0 aliphatic heterocycles. The Morgan fingerprint density at radius 1 is 1.35 bits per heavy atom. The monoisotopic (exact) mass is 231 g/mol. The molecular weight excluding hydrogens is 206 g/mol. The van der Waals surface area contributed by atoms with Crippen molar-refractivity contribution >= 4 is 0 Å². The van der Waals surface area contributed by atoms with Crippen LogP contribution >= 0.6 is 0 Å².